The van der Waals surface area contributed by atoms with Crippen LogP contribution in [0.2, 0.25) is 10.0 Å². The monoisotopic (exact) mass is 546 g/mol. The van der Waals surface area contributed by atoms with Gasteiger partial charge in [0.05, 0.1) is 21.2 Å². The lowest BCUT2D eigenvalue weighted by Crippen LogP contribution is -2.15. The number of H-pyrrole nitrogens is 1. The summed E-state index contributed by atoms with van der Waals surface area (Å²) in [6, 6.07) is 14.0. The number of rotatable bonds is 7. The molecule has 0 saturated carbocycles. The Balaban J connectivity index is 1.35. The van der Waals surface area contributed by atoms with Crippen molar-refractivity contribution in [3.8, 4) is 17.1 Å². The molecular formula is C24H17Cl2FN4O4S. The fourth-order valence-corrected chi connectivity index (χ4v) is 5.31. The van der Waals surface area contributed by atoms with Gasteiger partial charge in [-0.3, -0.25) is 4.72 Å². The molecule has 5 aromatic rings. The van der Waals surface area contributed by atoms with Gasteiger partial charge in [-0.25, -0.2) is 12.8 Å². The molecule has 2 heterocycles. The van der Waals surface area contributed by atoms with Crippen molar-refractivity contribution in [2.24, 2.45) is 0 Å². The third kappa shape index (κ3) is 4.62. The predicted octanol–water partition coefficient (Wildman–Crippen LogP) is 6.35. The predicted molar refractivity (Wildman–Crippen MR) is 134 cm³/mol. The van der Waals surface area contributed by atoms with Crippen molar-refractivity contribution in [2.75, 3.05) is 4.72 Å². The number of anilines is 1. The minimum Gasteiger partial charge on any atom is -0.486 e. The van der Waals surface area contributed by atoms with Gasteiger partial charge in [-0.1, -0.05) is 58.7 Å². The van der Waals surface area contributed by atoms with E-state index in [4.69, 9.17) is 32.5 Å². The van der Waals surface area contributed by atoms with E-state index in [-0.39, 0.29) is 18.0 Å². The molecule has 2 aromatic heterocycles. The number of fused-ring (bicyclic) bond motifs is 1. The largest absolute Gasteiger partial charge is 0.486 e. The third-order valence-corrected chi connectivity index (χ3v) is 7.33. The standard InChI is InChI=1S/C24H17Cl2FN4O4S/c1-13-29-24(30-35-13)15-7-5-14(6-8-15)12-34-19-3-2-4-20(22(19)27)36(32,33)31-18-10-9-16(25)21-17(26)11-28-23(18)21/h2-11,28,31H,12H2,1H3. The highest BCUT2D eigenvalue weighted by Crippen LogP contribution is 2.36. The van der Waals surface area contributed by atoms with Crippen molar-refractivity contribution in [1.29, 1.82) is 0 Å². The van der Waals surface area contributed by atoms with Crippen LogP contribution in [-0.2, 0) is 16.6 Å². The van der Waals surface area contributed by atoms with Gasteiger partial charge in [0.2, 0.25) is 11.7 Å². The van der Waals surface area contributed by atoms with Crippen LogP contribution >= 0.6 is 23.2 Å². The number of hydrogen-bond acceptors (Lipinski definition) is 6. The molecule has 3 aromatic carbocycles. The van der Waals surface area contributed by atoms with Gasteiger partial charge in [-0.2, -0.15) is 4.98 Å². The Morgan fingerprint density at radius 3 is 2.58 bits per heavy atom. The molecule has 0 spiro atoms. The smallest absolute Gasteiger partial charge is 0.265 e. The van der Waals surface area contributed by atoms with E-state index in [2.05, 4.69) is 19.8 Å². The van der Waals surface area contributed by atoms with Crippen molar-refractivity contribution in [2.45, 2.75) is 18.4 Å². The van der Waals surface area contributed by atoms with Crippen molar-refractivity contribution >= 4 is 49.8 Å². The summed E-state index contributed by atoms with van der Waals surface area (Å²) < 4.78 is 54.3. The van der Waals surface area contributed by atoms with E-state index in [1.807, 2.05) is 0 Å². The Labute approximate surface area is 215 Å². The molecule has 0 atom stereocenters. The quantitative estimate of drug-likeness (QED) is 0.246. The molecule has 5 rings (SSSR count). The van der Waals surface area contributed by atoms with E-state index >= 15 is 4.39 Å². The van der Waals surface area contributed by atoms with Crippen LogP contribution in [0.25, 0.3) is 22.3 Å². The number of aryl methyl sites for hydroxylation is 1. The summed E-state index contributed by atoms with van der Waals surface area (Å²) in [7, 11) is -4.31. The number of sulfonamides is 1. The summed E-state index contributed by atoms with van der Waals surface area (Å²) in [5, 5.41) is 5.00. The molecule has 8 nitrogen and oxygen atoms in total. The average Bonchev–Trinajstić information content (AvgIpc) is 3.47. The molecule has 0 bridgehead atoms. The van der Waals surface area contributed by atoms with E-state index in [9.17, 15) is 8.42 Å². The second-order valence-electron chi connectivity index (χ2n) is 7.78. The molecule has 0 radical (unpaired) electrons. The molecular weight excluding hydrogens is 530 g/mol. The highest BCUT2D eigenvalue weighted by Gasteiger charge is 2.24. The maximum Gasteiger partial charge on any atom is 0.265 e. The Kier molecular flexibility index (Phi) is 6.33. The van der Waals surface area contributed by atoms with Crippen molar-refractivity contribution < 1.29 is 22.1 Å². The summed E-state index contributed by atoms with van der Waals surface area (Å²) in [4.78, 5) is 6.47. The fourth-order valence-electron chi connectivity index (χ4n) is 3.59. The first kappa shape index (κ1) is 24.1. The Bertz CT molecular complexity index is 1680. The number of nitrogens with one attached hydrogen (secondary N) is 2. The first-order chi connectivity index (χ1) is 17.2. The molecule has 0 saturated heterocycles. The Morgan fingerprint density at radius 1 is 1.08 bits per heavy atom. The van der Waals surface area contributed by atoms with Crippen LogP contribution in [0.3, 0.4) is 0 Å². The zero-order chi connectivity index (χ0) is 25.4. The van der Waals surface area contributed by atoms with Gasteiger partial charge < -0.3 is 14.2 Å². The molecule has 0 aliphatic carbocycles. The van der Waals surface area contributed by atoms with Gasteiger partial charge in [0.25, 0.3) is 10.0 Å². The topological polar surface area (TPSA) is 110 Å². The van der Waals surface area contributed by atoms with Crippen molar-refractivity contribution in [3.05, 3.63) is 88.1 Å². The Morgan fingerprint density at radius 2 is 1.86 bits per heavy atom. The molecule has 0 fully saturated rings. The highest BCUT2D eigenvalue weighted by molar-refractivity contribution is 7.92. The zero-order valence-corrected chi connectivity index (χ0v) is 20.9. The van der Waals surface area contributed by atoms with Gasteiger partial charge in [0.1, 0.15) is 11.5 Å². The SMILES string of the molecule is Cc1nc(-c2ccc(COc3cccc(S(=O)(=O)Nc4ccc(Cl)c5c(Cl)c[nH]c45)c3F)cc2)no1. The molecule has 2 N–H and O–H groups in total. The zero-order valence-electron chi connectivity index (χ0n) is 18.6. The Hall–Kier alpha value is -3.60. The van der Waals surface area contributed by atoms with Gasteiger partial charge >= 0.3 is 0 Å². The normalized spacial score (nSPS) is 11.7. The summed E-state index contributed by atoms with van der Waals surface area (Å²) >= 11 is 12.3. The number of aromatic amines is 1. The summed E-state index contributed by atoms with van der Waals surface area (Å²) in [5.41, 5.74) is 2.03. The molecule has 0 amide bonds. The average molecular weight is 547 g/mol. The van der Waals surface area contributed by atoms with Gasteiger partial charge in [0.15, 0.2) is 11.6 Å². The van der Waals surface area contributed by atoms with Crippen molar-refractivity contribution in [3.63, 3.8) is 0 Å². The lowest BCUT2D eigenvalue weighted by molar-refractivity contribution is 0.287. The van der Waals surface area contributed by atoms with E-state index in [0.29, 0.717) is 32.7 Å². The van der Waals surface area contributed by atoms with Crippen LogP contribution in [0.1, 0.15) is 11.5 Å². The van der Waals surface area contributed by atoms with E-state index < -0.39 is 20.7 Å². The molecule has 0 aliphatic rings. The van der Waals surface area contributed by atoms with E-state index in [1.165, 1.54) is 30.5 Å². The summed E-state index contributed by atoms with van der Waals surface area (Å²) in [6.45, 7) is 1.71. The van der Waals surface area contributed by atoms with Crippen LogP contribution in [0, 0.1) is 12.7 Å². The number of benzene rings is 3. The van der Waals surface area contributed by atoms with Gasteiger partial charge in [0, 0.05) is 24.1 Å². The second-order valence-corrected chi connectivity index (χ2v) is 10.2. The van der Waals surface area contributed by atoms with Crippen LogP contribution < -0.4 is 9.46 Å². The maximum absolute atomic E-state index is 15.2. The van der Waals surface area contributed by atoms with Crippen LogP contribution in [-0.4, -0.2) is 23.5 Å². The van der Waals surface area contributed by atoms with Crippen LogP contribution in [0.5, 0.6) is 5.75 Å². The van der Waals surface area contributed by atoms with Crippen LogP contribution in [0.15, 0.2) is 70.2 Å². The molecule has 12 heteroatoms. The maximum atomic E-state index is 15.2. The lowest BCUT2D eigenvalue weighted by atomic mass is 10.1. The van der Waals surface area contributed by atoms with E-state index in [0.717, 1.165) is 17.2 Å². The first-order valence-electron chi connectivity index (χ1n) is 10.5. The minimum atomic E-state index is -4.31. The highest BCUT2D eigenvalue weighted by atomic mass is 35.5. The van der Waals surface area contributed by atoms with E-state index in [1.54, 1.807) is 31.2 Å². The third-order valence-electron chi connectivity index (χ3n) is 5.33. The number of halogens is 3. The van der Waals surface area contributed by atoms with Gasteiger partial charge in [-0.05, 0) is 29.8 Å². The summed E-state index contributed by atoms with van der Waals surface area (Å²) in [6.07, 6.45) is 1.49. The number of ether oxygens (including phenoxy) is 1. The second kappa shape index (κ2) is 9.45. The number of hydrogen-bond donors (Lipinski definition) is 2. The van der Waals surface area contributed by atoms with Crippen LogP contribution in [0.4, 0.5) is 10.1 Å². The molecule has 184 valence electrons. The number of nitrogens with zero attached hydrogens (tertiary/aromatic N) is 2. The lowest BCUT2D eigenvalue weighted by Gasteiger charge is -2.13. The fraction of sp³-hybridized carbons (Fsp3) is 0.0833. The first-order valence-corrected chi connectivity index (χ1v) is 12.8. The molecule has 0 unspecified atom stereocenters. The van der Waals surface area contributed by atoms with Gasteiger partial charge in [-0.15, -0.1) is 0 Å². The molecule has 0 aliphatic heterocycles. The van der Waals surface area contributed by atoms with Crippen molar-refractivity contribution in [1.82, 2.24) is 15.1 Å². The minimum absolute atomic E-state index is 0.0121. The number of aromatic nitrogens is 3. The molecule has 36 heavy (non-hydrogen) atoms. The summed E-state index contributed by atoms with van der Waals surface area (Å²) in [5.74, 6) is -0.316.